The van der Waals surface area contributed by atoms with Gasteiger partial charge < -0.3 is 10.1 Å². The third-order valence-electron chi connectivity index (χ3n) is 6.52. The molecule has 0 radical (unpaired) electrons. The molecule has 1 aliphatic carbocycles. The second-order valence-corrected chi connectivity index (χ2v) is 10.2. The highest BCUT2D eigenvalue weighted by atomic mass is 16.6. The van der Waals surface area contributed by atoms with Gasteiger partial charge in [-0.25, -0.2) is 4.79 Å². The Bertz CT molecular complexity index is 746. The molecule has 6 nitrogen and oxygen atoms in total. The maximum atomic E-state index is 13.2. The van der Waals surface area contributed by atoms with Gasteiger partial charge in [-0.2, -0.15) is 0 Å². The summed E-state index contributed by atoms with van der Waals surface area (Å²) in [5.41, 5.74) is 0.758. The van der Waals surface area contributed by atoms with Gasteiger partial charge in [0.1, 0.15) is 11.6 Å². The van der Waals surface area contributed by atoms with Crippen molar-refractivity contribution in [3.8, 4) is 0 Å². The van der Waals surface area contributed by atoms with Crippen molar-refractivity contribution in [1.29, 1.82) is 0 Å². The molecule has 0 unspecified atom stereocenters. The van der Waals surface area contributed by atoms with E-state index < -0.39 is 17.7 Å². The number of benzene rings is 1. The fourth-order valence-corrected chi connectivity index (χ4v) is 5.02. The van der Waals surface area contributed by atoms with Gasteiger partial charge in [0.05, 0.1) is 0 Å². The molecular weight excluding hydrogens is 390 g/mol. The van der Waals surface area contributed by atoms with Crippen LogP contribution in [0.2, 0.25) is 0 Å². The first kappa shape index (κ1) is 23.6. The molecule has 31 heavy (non-hydrogen) atoms. The molecule has 2 fully saturated rings. The summed E-state index contributed by atoms with van der Waals surface area (Å²) in [6.45, 7) is 10.6. The Morgan fingerprint density at radius 2 is 1.90 bits per heavy atom. The molecular formula is C25H39N3O3. The highest BCUT2D eigenvalue weighted by molar-refractivity contribution is 5.85. The molecule has 1 aliphatic heterocycles. The Balaban J connectivity index is 1.58. The van der Waals surface area contributed by atoms with Gasteiger partial charge in [-0.05, 0) is 57.4 Å². The second kappa shape index (κ2) is 10.0. The Morgan fingerprint density at radius 3 is 2.55 bits per heavy atom. The lowest BCUT2D eigenvalue weighted by molar-refractivity contribution is -0.127. The molecule has 172 valence electrons. The first-order valence-corrected chi connectivity index (χ1v) is 11.7. The van der Waals surface area contributed by atoms with Gasteiger partial charge in [-0.15, -0.1) is 0 Å². The zero-order chi connectivity index (χ0) is 22.6. The van der Waals surface area contributed by atoms with E-state index >= 15 is 0 Å². The van der Waals surface area contributed by atoms with Crippen LogP contribution >= 0.6 is 0 Å². The van der Waals surface area contributed by atoms with Crippen LogP contribution in [-0.4, -0.2) is 59.6 Å². The predicted octanol–water partition coefficient (Wildman–Crippen LogP) is 4.05. The van der Waals surface area contributed by atoms with Crippen LogP contribution in [0.1, 0.15) is 58.9 Å². The number of carbonyl (C=O) groups excluding carboxylic acids is 2. The minimum Gasteiger partial charge on any atom is -0.444 e. The summed E-state index contributed by atoms with van der Waals surface area (Å²) in [5.74, 6) is 1.08. The van der Waals surface area contributed by atoms with Crippen molar-refractivity contribution in [3.05, 3.63) is 35.9 Å². The summed E-state index contributed by atoms with van der Waals surface area (Å²) in [4.78, 5) is 29.7. The molecule has 4 atom stereocenters. The van der Waals surface area contributed by atoms with Crippen LogP contribution in [0.15, 0.2) is 30.3 Å². The number of fused-ring (bicyclic) bond motifs is 1. The van der Waals surface area contributed by atoms with E-state index in [0.717, 1.165) is 38.9 Å². The Morgan fingerprint density at radius 1 is 1.19 bits per heavy atom. The van der Waals surface area contributed by atoms with Gasteiger partial charge in [-0.3, -0.25) is 14.6 Å². The maximum absolute atomic E-state index is 13.2. The third kappa shape index (κ3) is 6.22. The zero-order valence-corrected chi connectivity index (χ0v) is 19.8. The fourth-order valence-electron chi connectivity index (χ4n) is 5.02. The monoisotopic (exact) mass is 429 g/mol. The summed E-state index contributed by atoms with van der Waals surface area (Å²) >= 11 is 0. The Labute approximate surface area is 187 Å². The summed E-state index contributed by atoms with van der Waals surface area (Å²) in [7, 11) is 1.67. The molecule has 1 N–H and O–H groups in total. The van der Waals surface area contributed by atoms with Gasteiger partial charge >= 0.3 is 6.09 Å². The van der Waals surface area contributed by atoms with Crippen molar-refractivity contribution < 1.29 is 14.3 Å². The van der Waals surface area contributed by atoms with E-state index in [1.165, 1.54) is 10.5 Å². The number of likely N-dealkylation sites (tertiary alicyclic amines) is 1. The molecule has 1 heterocycles. The zero-order valence-electron chi connectivity index (χ0n) is 19.8. The molecule has 0 spiro atoms. The lowest BCUT2D eigenvalue weighted by atomic mass is 9.97. The SMILES string of the molecule is CCC[C@@H](C(=O)N[C@H]1CC[C@H]2CN(Cc3ccccc3)C[C@H]21)N(C)C(=O)OC(C)(C)C. The standard InChI is InChI=1S/C25H39N3O3/c1-6-10-22(27(5)24(30)31-25(2,3)4)23(29)26-21-14-13-19-16-28(17-20(19)21)15-18-11-8-7-9-12-18/h7-9,11-12,19-22H,6,10,13-17H2,1-5H3,(H,26,29)/t19-,20+,21-,22-/m0/s1. The van der Waals surface area contributed by atoms with Crippen molar-refractivity contribution >= 4 is 12.0 Å². The van der Waals surface area contributed by atoms with Gasteiger partial charge in [0.2, 0.25) is 5.91 Å². The number of nitrogens with one attached hydrogen (secondary N) is 1. The van der Waals surface area contributed by atoms with E-state index in [-0.39, 0.29) is 11.9 Å². The number of hydrogen-bond donors (Lipinski definition) is 1. The van der Waals surface area contributed by atoms with Crippen LogP contribution in [0.25, 0.3) is 0 Å². The largest absolute Gasteiger partial charge is 0.444 e. The van der Waals surface area contributed by atoms with E-state index in [1.54, 1.807) is 7.05 Å². The fraction of sp³-hybridized carbons (Fsp3) is 0.680. The Hall–Kier alpha value is -2.08. The smallest absolute Gasteiger partial charge is 0.410 e. The van der Waals surface area contributed by atoms with Crippen LogP contribution < -0.4 is 5.32 Å². The average Bonchev–Trinajstić information content (AvgIpc) is 3.26. The third-order valence-corrected chi connectivity index (χ3v) is 6.52. The molecule has 1 aromatic rings. The Kier molecular flexibility index (Phi) is 7.63. The molecule has 0 aromatic heterocycles. The van der Waals surface area contributed by atoms with Crippen LogP contribution in [0.5, 0.6) is 0 Å². The molecule has 2 aliphatic rings. The molecule has 1 saturated heterocycles. The van der Waals surface area contributed by atoms with Crippen molar-refractivity contribution in [2.24, 2.45) is 11.8 Å². The number of ether oxygens (including phenoxy) is 1. The van der Waals surface area contributed by atoms with E-state index in [9.17, 15) is 9.59 Å². The van der Waals surface area contributed by atoms with Gasteiger partial charge in [0.15, 0.2) is 0 Å². The van der Waals surface area contributed by atoms with Crippen molar-refractivity contribution in [2.75, 3.05) is 20.1 Å². The quantitative estimate of drug-likeness (QED) is 0.710. The number of hydrogen-bond acceptors (Lipinski definition) is 4. The first-order chi connectivity index (χ1) is 14.7. The number of nitrogens with zero attached hydrogens (tertiary/aromatic N) is 2. The molecule has 1 aromatic carbocycles. The van der Waals surface area contributed by atoms with Gasteiger partial charge in [-0.1, -0.05) is 43.7 Å². The average molecular weight is 430 g/mol. The summed E-state index contributed by atoms with van der Waals surface area (Å²) < 4.78 is 5.49. The van der Waals surface area contributed by atoms with E-state index in [1.807, 2.05) is 27.7 Å². The maximum Gasteiger partial charge on any atom is 0.410 e. The van der Waals surface area contributed by atoms with Crippen LogP contribution in [0.4, 0.5) is 4.79 Å². The summed E-state index contributed by atoms with van der Waals surface area (Å²) in [5, 5.41) is 3.30. The van der Waals surface area contributed by atoms with Crippen LogP contribution in [0.3, 0.4) is 0 Å². The molecule has 6 heteroatoms. The van der Waals surface area contributed by atoms with Crippen LogP contribution in [-0.2, 0) is 16.1 Å². The van der Waals surface area contributed by atoms with Crippen molar-refractivity contribution in [3.63, 3.8) is 0 Å². The summed E-state index contributed by atoms with van der Waals surface area (Å²) in [6, 6.07) is 10.3. The number of amides is 2. The lowest BCUT2D eigenvalue weighted by Gasteiger charge is -2.31. The summed E-state index contributed by atoms with van der Waals surface area (Å²) in [6.07, 6.45) is 3.19. The van der Waals surface area contributed by atoms with E-state index in [2.05, 4.69) is 40.5 Å². The normalized spacial score (nSPS) is 24.5. The number of likely N-dealkylation sites (N-methyl/N-ethyl adjacent to an activating group) is 1. The van der Waals surface area contributed by atoms with Crippen molar-refractivity contribution in [2.45, 2.75) is 77.6 Å². The first-order valence-electron chi connectivity index (χ1n) is 11.7. The van der Waals surface area contributed by atoms with E-state index in [4.69, 9.17) is 4.74 Å². The predicted molar refractivity (Wildman–Crippen MR) is 123 cm³/mol. The number of rotatable bonds is 7. The lowest BCUT2D eigenvalue weighted by Crippen LogP contribution is -2.52. The van der Waals surface area contributed by atoms with Crippen molar-refractivity contribution in [1.82, 2.24) is 15.1 Å². The van der Waals surface area contributed by atoms with Crippen LogP contribution in [0, 0.1) is 11.8 Å². The second-order valence-electron chi connectivity index (χ2n) is 10.2. The molecule has 2 amide bonds. The highest BCUT2D eigenvalue weighted by Gasteiger charge is 2.44. The minimum absolute atomic E-state index is 0.0534. The minimum atomic E-state index is -0.580. The molecule has 1 saturated carbocycles. The molecule has 3 rings (SSSR count). The number of carbonyl (C=O) groups is 2. The van der Waals surface area contributed by atoms with Gasteiger partial charge in [0.25, 0.3) is 0 Å². The topological polar surface area (TPSA) is 61.9 Å². The van der Waals surface area contributed by atoms with Gasteiger partial charge in [0, 0.05) is 32.7 Å². The molecule has 0 bridgehead atoms. The highest BCUT2D eigenvalue weighted by Crippen LogP contribution is 2.38. The van der Waals surface area contributed by atoms with E-state index in [0.29, 0.717) is 18.3 Å².